The van der Waals surface area contributed by atoms with Gasteiger partial charge in [-0.25, -0.2) is 4.63 Å². The van der Waals surface area contributed by atoms with Gasteiger partial charge in [0, 0.05) is 6.54 Å². The van der Waals surface area contributed by atoms with Crippen LogP contribution in [0.5, 0.6) is 0 Å². The van der Waals surface area contributed by atoms with Gasteiger partial charge in [-0.15, -0.1) is 0 Å². The number of hydrogen-bond acceptors (Lipinski definition) is 5. The van der Waals surface area contributed by atoms with Gasteiger partial charge in [0.1, 0.15) is 0 Å². The first-order chi connectivity index (χ1) is 6.77. The zero-order valence-electron chi connectivity index (χ0n) is 7.69. The molecule has 1 fully saturated rings. The lowest BCUT2D eigenvalue weighted by Crippen LogP contribution is -2.25. The highest BCUT2D eigenvalue weighted by atomic mass is 16.6. The van der Waals surface area contributed by atoms with E-state index in [2.05, 4.69) is 20.3 Å². The van der Waals surface area contributed by atoms with Gasteiger partial charge in [0.05, 0.1) is 0 Å². The molecule has 2 rings (SSSR count). The number of rotatable bonds is 4. The number of nitrogens with one attached hydrogen (secondary N) is 1. The van der Waals surface area contributed by atoms with Crippen LogP contribution in [-0.4, -0.2) is 22.8 Å². The molecular weight excluding hydrogens is 184 g/mol. The van der Waals surface area contributed by atoms with E-state index in [1.165, 1.54) is 12.8 Å². The smallest absolute Gasteiger partial charge is 0.277 e. The largest absolute Gasteiger partial charge is 0.379 e. The maximum Gasteiger partial charge on any atom is 0.277 e. The van der Waals surface area contributed by atoms with E-state index in [9.17, 15) is 4.79 Å². The van der Waals surface area contributed by atoms with Crippen molar-refractivity contribution >= 4 is 11.7 Å². The van der Waals surface area contributed by atoms with Crippen LogP contribution in [0.1, 0.15) is 29.8 Å². The van der Waals surface area contributed by atoms with Gasteiger partial charge >= 0.3 is 0 Å². The SMILES string of the molecule is Nc1nonc1C(=O)NCCC1CC1. The van der Waals surface area contributed by atoms with Crippen LogP contribution in [0.25, 0.3) is 0 Å². The summed E-state index contributed by atoms with van der Waals surface area (Å²) in [5.74, 6) is 0.515. The Morgan fingerprint density at radius 2 is 2.36 bits per heavy atom. The first kappa shape index (κ1) is 8.98. The molecule has 0 unspecified atom stereocenters. The summed E-state index contributed by atoms with van der Waals surface area (Å²) >= 11 is 0. The lowest BCUT2D eigenvalue weighted by Gasteiger charge is -2.00. The minimum atomic E-state index is -0.315. The van der Waals surface area contributed by atoms with E-state index in [4.69, 9.17) is 5.73 Å². The minimum Gasteiger partial charge on any atom is -0.379 e. The van der Waals surface area contributed by atoms with E-state index >= 15 is 0 Å². The fraction of sp³-hybridized carbons (Fsp3) is 0.625. The molecule has 1 aliphatic rings. The number of anilines is 1. The normalized spacial score (nSPS) is 15.4. The molecule has 1 aliphatic carbocycles. The Kier molecular flexibility index (Phi) is 2.34. The standard InChI is InChI=1S/C8H12N4O2/c9-7-6(11-14-12-7)8(13)10-4-3-5-1-2-5/h5H,1-4H2,(H2,9,12)(H,10,13). The van der Waals surface area contributed by atoms with E-state index in [0.717, 1.165) is 12.3 Å². The maximum atomic E-state index is 11.4. The van der Waals surface area contributed by atoms with Crippen molar-refractivity contribution < 1.29 is 9.42 Å². The predicted molar refractivity (Wildman–Crippen MR) is 48.4 cm³/mol. The Bertz CT molecular complexity index is 332. The molecule has 6 nitrogen and oxygen atoms in total. The molecule has 1 aromatic heterocycles. The number of carbonyl (C=O) groups is 1. The average molecular weight is 196 g/mol. The summed E-state index contributed by atoms with van der Waals surface area (Å²) in [6.45, 7) is 0.662. The molecule has 1 heterocycles. The Morgan fingerprint density at radius 3 is 2.93 bits per heavy atom. The van der Waals surface area contributed by atoms with Gasteiger partial charge in [0.2, 0.25) is 11.5 Å². The van der Waals surface area contributed by atoms with Gasteiger partial charge in [-0.2, -0.15) is 0 Å². The Hall–Kier alpha value is -1.59. The van der Waals surface area contributed by atoms with Crippen molar-refractivity contribution in [1.29, 1.82) is 0 Å². The number of amides is 1. The van der Waals surface area contributed by atoms with Crippen LogP contribution >= 0.6 is 0 Å². The lowest BCUT2D eigenvalue weighted by molar-refractivity contribution is 0.0943. The highest BCUT2D eigenvalue weighted by Gasteiger charge is 2.21. The van der Waals surface area contributed by atoms with Crippen LogP contribution in [0.4, 0.5) is 5.82 Å². The maximum absolute atomic E-state index is 11.4. The van der Waals surface area contributed by atoms with E-state index in [1.807, 2.05) is 0 Å². The fourth-order valence-corrected chi connectivity index (χ4v) is 1.23. The molecule has 76 valence electrons. The Balaban J connectivity index is 1.79. The highest BCUT2D eigenvalue weighted by molar-refractivity contribution is 5.95. The Labute approximate surface area is 80.8 Å². The molecule has 1 aromatic rings. The molecular formula is C8H12N4O2. The van der Waals surface area contributed by atoms with Gasteiger partial charge in [-0.3, -0.25) is 4.79 Å². The van der Waals surface area contributed by atoms with Crippen molar-refractivity contribution in [3.63, 3.8) is 0 Å². The molecule has 0 atom stereocenters. The van der Waals surface area contributed by atoms with Crippen molar-refractivity contribution in [2.75, 3.05) is 12.3 Å². The number of nitrogen functional groups attached to an aromatic ring is 1. The van der Waals surface area contributed by atoms with Crippen molar-refractivity contribution in [3.8, 4) is 0 Å². The van der Waals surface area contributed by atoms with Gasteiger partial charge in [-0.05, 0) is 22.7 Å². The summed E-state index contributed by atoms with van der Waals surface area (Å²) in [7, 11) is 0. The molecule has 1 saturated carbocycles. The first-order valence-electron chi connectivity index (χ1n) is 4.63. The zero-order chi connectivity index (χ0) is 9.97. The molecule has 0 bridgehead atoms. The molecule has 0 aromatic carbocycles. The van der Waals surface area contributed by atoms with Crippen molar-refractivity contribution in [2.24, 2.45) is 5.92 Å². The van der Waals surface area contributed by atoms with E-state index in [-0.39, 0.29) is 17.4 Å². The molecule has 1 amide bonds. The monoisotopic (exact) mass is 196 g/mol. The lowest BCUT2D eigenvalue weighted by atomic mass is 10.3. The molecule has 0 spiro atoms. The van der Waals surface area contributed by atoms with Crippen LogP contribution in [0.15, 0.2) is 4.63 Å². The Morgan fingerprint density at radius 1 is 1.57 bits per heavy atom. The predicted octanol–water partition coefficient (Wildman–Crippen LogP) is 0.182. The summed E-state index contributed by atoms with van der Waals surface area (Å²) < 4.78 is 4.32. The van der Waals surface area contributed by atoms with Crippen molar-refractivity contribution in [2.45, 2.75) is 19.3 Å². The van der Waals surface area contributed by atoms with Crippen LogP contribution in [0.2, 0.25) is 0 Å². The number of nitrogens with zero attached hydrogens (tertiary/aromatic N) is 2. The molecule has 0 saturated heterocycles. The van der Waals surface area contributed by atoms with Crippen molar-refractivity contribution in [1.82, 2.24) is 15.6 Å². The quantitative estimate of drug-likeness (QED) is 0.716. The van der Waals surface area contributed by atoms with Gasteiger partial charge in [-0.1, -0.05) is 12.8 Å². The van der Waals surface area contributed by atoms with Crippen molar-refractivity contribution in [3.05, 3.63) is 5.69 Å². The molecule has 0 radical (unpaired) electrons. The third-order valence-corrected chi connectivity index (χ3v) is 2.26. The summed E-state index contributed by atoms with van der Waals surface area (Å²) in [5.41, 5.74) is 5.43. The fourth-order valence-electron chi connectivity index (χ4n) is 1.23. The van der Waals surface area contributed by atoms with Crippen LogP contribution < -0.4 is 11.1 Å². The van der Waals surface area contributed by atoms with Gasteiger partial charge in [0.15, 0.2) is 0 Å². The number of hydrogen-bond donors (Lipinski definition) is 2. The highest BCUT2D eigenvalue weighted by Crippen LogP contribution is 2.31. The first-order valence-corrected chi connectivity index (χ1v) is 4.63. The molecule has 6 heteroatoms. The molecule has 0 aliphatic heterocycles. The van der Waals surface area contributed by atoms with Gasteiger partial charge < -0.3 is 11.1 Å². The van der Waals surface area contributed by atoms with E-state index in [1.54, 1.807) is 0 Å². The van der Waals surface area contributed by atoms with E-state index < -0.39 is 0 Å². The minimum absolute atomic E-state index is 0.0360. The van der Waals surface area contributed by atoms with Gasteiger partial charge in [0.25, 0.3) is 5.91 Å². The molecule has 3 N–H and O–H groups in total. The third kappa shape index (κ3) is 2.01. The molecule has 14 heavy (non-hydrogen) atoms. The zero-order valence-corrected chi connectivity index (χ0v) is 7.69. The summed E-state index contributed by atoms with van der Waals surface area (Å²) in [6.07, 6.45) is 3.59. The summed E-state index contributed by atoms with van der Waals surface area (Å²) in [4.78, 5) is 11.4. The number of aromatic nitrogens is 2. The van der Waals surface area contributed by atoms with Crippen LogP contribution in [0, 0.1) is 5.92 Å². The second kappa shape index (κ2) is 3.65. The topological polar surface area (TPSA) is 94.0 Å². The second-order valence-electron chi connectivity index (χ2n) is 3.49. The van der Waals surface area contributed by atoms with Crippen LogP contribution in [0.3, 0.4) is 0 Å². The van der Waals surface area contributed by atoms with E-state index in [0.29, 0.717) is 6.54 Å². The average Bonchev–Trinajstić information content (AvgIpc) is 2.87. The second-order valence-corrected chi connectivity index (χ2v) is 3.49. The number of carbonyl (C=O) groups excluding carboxylic acids is 1. The summed E-state index contributed by atoms with van der Waals surface area (Å²) in [6, 6.07) is 0. The summed E-state index contributed by atoms with van der Waals surface area (Å²) in [5, 5.41) is 9.45. The van der Waals surface area contributed by atoms with Crippen LogP contribution in [-0.2, 0) is 0 Å². The third-order valence-electron chi connectivity index (χ3n) is 2.26. The number of nitrogens with two attached hydrogens (primary N) is 1.